The van der Waals surface area contributed by atoms with Crippen LogP contribution in [0.5, 0.6) is 0 Å². The van der Waals surface area contributed by atoms with Crippen molar-refractivity contribution in [3.8, 4) is 0 Å². The number of aliphatic hydroxyl groups excluding tert-OH is 1. The lowest BCUT2D eigenvalue weighted by Crippen LogP contribution is -2.52. The van der Waals surface area contributed by atoms with Crippen molar-refractivity contribution in [1.82, 2.24) is 9.29 Å². The van der Waals surface area contributed by atoms with Gasteiger partial charge in [-0.05, 0) is 30.9 Å². The van der Waals surface area contributed by atoms with Crippen molar-refractivity contribution in [2.75, 3.05) is 6.54 Å². The van der Waals surface area contributed by atoms with Crippen LogP contribution in [0.15, 0.2) is 29.4 Å². The molecule has 1 aromatic rings. The van der Waals surface area contributed by atoms with Gasteiger partial charge in [0.2, 0.25) is 0 Å². The largest absolute Gasteiger partial charge is 0.391 e. The summed E-state index contributed by atoms with van der Waals surface area (Å²) in [5.41, 5.74) is 0. The fourth-order valence-electron chi connectivity index (χ4n) is 2.62. The van der Waals surface area contributed by atoms with E-state index in [1.165, 1.54) is 0 Å². The summed E-state index contributed by atoms with van der Waals surface area (Å²) < 4.78 is 14.6. The Morgan fingerprint density at radius 1 is 1.58 bits per heavy atom. The zero-order valence-corrected chi connectivity index (χ0v) is 12.3. The number of hydrogen-bond acceptors (Lipinski definition) is 3. The van der Waals surface area contributed by atoms with Crippen LogP contribution in [-0.2, 0) is 11.0 Å². The molecule has 1 aliphatic rings. The van der Waals surface area contributed by atoms with E-state index in [0.717, 1.165) is 25.8 Å². The quantitative estimate of drug-likeness (QED) is 0.918. The molecule has 4 atom stereocenters. The molecule has 3 unspecified atom stereocenters. The maximum atomic E-state index is 12.6. The molecule has 0 radical (unpaired) electrons. The topological polar surface area (TPSA) is 53.4 Å². The lowest BCUT2D eigenvalue weighted by Gasteiger charge is -2.41. The van der Waals surface area contributed by atoms with E-state index in [-0.39, 0.29) is 12.0 Å². The predicted octanol–water partition coefficient (Wildman–Crippen LogP) is 1.98. The van der Waals surface area contributed by atoms with Gasteiger partial charge in [0.1, 0.15) is 11.0 Å². The Labute approximate surface area is 117 Å². The molecular weight excluding hydrogens is 260 g/mol. The molecule has 5 heteroatoms. The molecule has 0 amide bonds. The van der Waals surface area contributed by atoms with Gasteiger partial charge in [-0.15, -0.1) is 0 Å². The molecule has 1 saturated heterocycles. The van der Waals surface area contributed by atoms with Gasteiger partial charge < -0.3 is 5.11 Å². The lowest BCUT2D eigenvalue weighted by molar-refractivity contribution is 0.00963. The van der Waals surface area contributed by atoms with Gasteiger partial charge in [-0.3, -0.25) is 4.98 Å². The summed E-state index contributed by atoms with van der Waals surface area (Å²) in [6.45, 7) is 4.93. The first-order valence-electron chi connectivity index (χ1n) is 6.91. The predicted molar refractivity (Wildman–Crippen MR) is 75.8 cm³/mol. The highest BCUT2D eigenvalue weighted by Crippen LogP contribution is 2.29. The van der Waals surface area contributed by atoms with Crippen molar-refractivity contribution in [2.24, 2.45) is 5.92 Å². The van der Waals surface area contributed by atoms with Crippen molar-refractivity contribution in [2.45, 2.75) is 50.2 Å². The van der Waals surface area contributed by atoms with E-state index in [4.69, 9.17) is 0 Å². The van der Waals surface area contributed by atoms with Crippen LogP contribution >= 0.6 is 0 Å². The van der Waals surface area contributed by atoms with Crippen LogP contribution in [0, 0.1) is 5.92 Å². The van der Waals surface area contributed by atoms with Crippen molar-refractivity contribution in [3.05, 3.63) is 24.5 Å². The minimum absolute atomic E-state index is 0.0187. The minimum Gasteiger partial charge on any atom is -0.391 e. The summed E-state index contributed by atoms with van der Waals surface area (Å²) in [7, 11) is -1.23. The zero-order valence-electron chi connectivity index (χ0n) is 11.5. The van der Waals surface area contributed by atoms with E-state index >= 15 is 0 Å². The number of hydrogen-bond donors (Lipinski definition) is 1. The maximum absolute atomic E-state index is 12.6. The highest BCUT2D eigenvalue weighted by Gasteiger charge is 2.37. The Morgan fingerprint density at radius 2 is 2.37 bits per heavy atom. The normalized spacial score (nSPS) is 30.2. The van der Waals surface area contributed by atoms with Gasteiger partial charge in [-0.1, -0.05) is 20.3 Å². The maximum Gasteiger partial charge on any atom is 0.129 e. The molecule has 2 rings (SSSR count). The summed E-state index contributed by atoms with van der Waals surface area (Å²) in [5.74, 6) is 0.277. The van der Waals surface area contributed by atoms with Crippen LogP contribution in [0.3, 0.4) is 0 Å². The fourth-order valence-corrected chi connectivity index (χ4v) is 3.98. The third kappa shape index (κ3) is 3.22. The van der Waals surface area contributed by atoms with Crippen molar-refractivity contribution < 1.29 is 9.32 Å². The summed E-state index contributed by atoms with van der Waals surface area (Å²) in [6, 6.07) is 3.61. The van der Waals surface area contributed by atoms with E-state index < -0.39 is 17.1 Å². The molecular formula is C14H22N2O2S. The van der Waals surface area contributed by atoms with Crippen LogP contribution < -0.4 is 0 Å². The smallest absolute Gasteiger partial charge is 0.129 e. The summed E-state index contributed by atoms with van der Waals surface area (Å²) in [4.78, 5) is 4.74. The number of pyridine rings is 1. The molecule has 1 N–H and O–H groups in total. The second kappa shape index (κ2) is 6.59. The molecule has 1 aromatic heterocycles. The Morgan fingerprint density at radius 3 is 3.00 bits per heavy atom. The summed E-state index contributed by atoms with van der Waals surface area (Å²) in [6.07, 6.45) is 5.66. The molecule has 2 heterocycles. The van der Waals surface area contributed by atoms with E-state index in [9.17, 15) is 9.32 Å². The Bertz CT molecular complexity index is 427. The molecule has 1 aliphatic heterocycles. The van der Waals surface area contributed by atoms with Crippen molar-refractivity contribution in [3.63, 3.8) is 0 Å². The lowest BCUT2D eigenvalue weighted by atomic mass is 9.89. The molecule has 0 aliphatic carbocycles. The molecule has 106 valence electrons. The zero-order chi connectivity index (χ0) is 13.8. The first-order valence-corrected chi connectivity index (χ1v) is 8.02. The Balaban J connectivity index is 2.19. The van der Waals surface area contributed by atoms with E-state index in [2.05, 4.69) is 18.8 Å². The second-order valence-electron chi connectivity index (χ2n) is 5.19. The van der Waals surface area contributed by atoms with E-state index in [0.29, 0.717) is 4.90 Å². The van der Waals surface area contributed by atoms with Crippen molar-refractivity contribution in [1.29, 1.82) is 0 Å². The van der Waals surface area contributed by atoms with Gasteiger partial charge in [0.05, 0.1) is 11.0 Å². The third-order valence-corrected chi connectivity index (χ3v) is 5.31. The van der Waals surface area contributed by atoms with Gasteiger partial charge >= 0.3 is 0 Å². The first kappa shape index (κ1) is 14.6. The summed E-state index contributed by atoms with van der Waals surface area (Å²) in [5, 5.41) is 10.3. The van der Waals surface area contributed by atoms with E-state index in [1.807, 2.05) is 10.4 Å². The Hall–Kier alpha value is -0.780. The molecule has 0 aromatic carbocycles. The van der Waals surface area contributed by atoms with Crippen LogP contribution in [0.4, 0.5) is 0 Å². The molecule has 0 bridgehead atoms. The number of aliphatic hydroxyl groups is 1. The van der Waals surface area contributed by atoms with E-state index in [1.54, 1.807) is 18.5 Å². The van der Waals surface area contributed by atoms with Gasteiger partial charge in [-0.2, -0.15) is 0 Å². The number of aromatic nitrogens is 1. The minimum atomic E-state index is -1.23. The van der Waals surface area contributed by atoms with Gasteiger partial charge in [-0.25, -0.2) is 8.51 Å². The van der Waals surface area contributed by atoms with Gasteiger partial charge in [0.25, 0.3) is 0 Å². The van der Waals surface area contributed by atoms with Gasteiger partial charge in [0.15, 0.2) is 0 Å². The standard InChI is InChI=1S/C14H22N2O2S/c1-3-5-13-14(17)11(2)7-9-16(13)19(18)12-6-4-8-15-10-12/h4,6,8,10-11,13-14,17H,3,5,7,9H2,1-2H3/t11-,13?,14?,19?/m1/s1. The third-order valence-electron chi connectivity index (χ3n) is 3.79. The average molecular weight is 282 g/mol. The molecule has 0 spiro atoms. The average Bonchev–Trinajstić information content (AvgIpc) is 2.44. The number of nitrogens with zero attached hydrogens (tertiary/aromatic N) is 2. The number of piperidine rings is 1. The molecule has 19 heavy (non-hydrogen) atoms. The first-order chi connectivity index (χ1) is 9.15. The fraction of sp³-hybridized carbons (Fsp3) is 0.643. The monoisotopic (exact) mass is 282 g/mol. The Kier molecular flexibility index (Phi) is 5.07. The molecule has 4 nitrogen and oxygen atoms in total. The summed E-state index contributed by atoms with van der Waals surface area (Å²) >= 11 is 0. The SMILES string of the molecule is CCCC1C(O)[C@H](C)CCN1S(=O)c1cccnc1. The van der Waals surface area contributed by atoms with Gasteiger partial charge in [0, 0.05) is 25.0 Å². The van der Waals surface area contributed by atoms with Crippen LogP contribution in [0.2, 0.25) is 0 Å². The van der Waals surface area contributed by atoms with Crippen LogP contribution in [-0.4, -0.2) is 37.3 Å². The van der Waals surface area contributed by atoms with Crippen LogP contribution in [0.25, 0.3) is 0 Å². The van der Waals surface area contributed by atoms with Crippen LogP contribution in [0.1, 0.15) is 33.1 Å². The second-order valence-corrected chi connectivity index (χ2v) is 6.63. The highest BCUT2D eigenvalue weighted by atomic mass is 32.2. The molecule has 1 fully saturated rings. The molecule has 0 saturated carbocycles. The highest BCUT2D eigenvalue weighted by molar-refractivity contribution is 7.82. The van der Waals surface area contributed by atoms with Crippen molar-refractivity contribution >= 4 is 11.0 Å². The number of rotatable bonds is 4.